The second-order valence-electron chi connectivity index (χ2n) is 5.69. The molecule has 0 aromatic heterocycles. The summed E-state index contributed by atoms with van der Waals surface area (Å²) in [6.07, 6.45) is -4.00. The Bertz CT molecular complexity index is 324. The number of carbonyl (C=O) groups is 1. The van der Waals surface area contributed by atoms with E-state index in [1.54, 1.807) is 0 Å². The number of rotatable bonds is 5. The van der Waals surface area contributed by atoms with Gasteiger partial charge in [-0.3, -0.25) is 4.79 Å². The zero-order chi connectivity index (χ0) is 15.4. The lowest BCUT2D eigenvalue weighted by Gasteiger charge is -2.31. The average molecular weight is 296 g/mol. The van der Waals surface area contributed by atoms with Gasteiger partial charge in [-0.15, -0.1) is 0 Å². The molecule has 4 nitrogen and oxygen atoms in total. The van der Waals surface area contributed by atoms with Crippen molar-refractivity contribution in [2.24, 2.45) is 5.92 Å². The van der Waals surface area contributed by atoms with Crippen molar-refractivity contribution < 1.29 is 22.7 Å². The molecule has 20 heavy (non-hydrogen) atoms. The second-order valence-corrected chi connectivity index (χ2v) is 5.69. The number of hydrogen-bond donors (Lipinski definition) is 2. The summed E-state index contributed by atoms with van der Waals surface area (Å²) in [4.78, 5) is 11.9. The van der Waals surface area contributed by atoms with E-state index >= 15 is 0 Å². The summed E-state index contributed by atoms with van der Waals surface area (Å²) in [7, 11) is 0. The van der Waals surface area contributed by atoms with E-state index in [9.17, 15) is 18.0 Å². The maximum atomic E-state index is 12.5. The fourth-order valence-electron chi connectivity index (χ4n) is 2.22. The van der Waals surface area contributed by atoms with E-state index in [-0.39, 0.29) is 25.3 Å². The van der Waals surface area contributed by atoms with Gasteiger partial charge < -0.3 is 15.4 Å². The standard InChI is InChI=1S/C13H23F3N2O2/c1-4-20-12(2,3)8-18-11(19)10-6-5-9(7-17-10)13(14,15)16/h9-10,17H,4-8H2,1-3H3,(H,18,19). The van der Waals surface area contributed by atoms with Crippen molar-refractivity contribution >= 4 is 5.91 Å². The topological polar surface area (TPSA) is 50.4 Å². The van der Waals surface area contributed by atoms with Crippen LogP contribution in [0.4, 0.5) is 13.2 Å². The number of hydrogen-bond acceptors (Lipinski definition) is 3. The molecule has 0 saturated carbocycles. The first-order valence-electron chi connectivity index (χ1n) is 6.87. The van der Waals surface area contributed by atoms with Crippen molar-refractivity contribution in [3.63, 3.8) is 0 Å². The van der Waals surface area contributed by atoms with Crippen molar-refractivity contribution in [2.75, 3.05) is 19.7 Å². The highest BCUT2D eigenvalue weighted by molar-refractivity contribution is 5.81. The number of nitrogens with one attached hydrogen (secondary N) is 2. The fourth-order valence-corrected chi connectivity index (χ4v) is 2.22. The summed E-state index contributed by atoms with van der Waals surface area (Å²) in [5.41, 5.74) is -0.479. The van der Waals surface area contributed by atoms with E-state index in [2.05, 4.69) is 10.6 Å². The predicted octanol–water partition coefficient (Wildman–Crippen LogP) is 1.85. The Kier molecular flexibility index (Phi) is 5.82. The minimum Gasteiger partial charge on any atom is -0.374 e. The molecule has 0 radical (unpaired) electrons. The summed E-state index contributed by atoms with van der Waals surface area (Å²) in [5, 5.41) is 5.39. The molecule has 7 heteroatoms. The van der Waals surface area contributed by atoms with E-state index in [0.717, 1.165) is 0 Å². The lowest BCUT2D eigenvalue weighted by Crippen LogP contribution is -2.53. The van der Waals surface area contributed by atoms with E-state index < -0.39 is 23.7 Å². The third-order valence-corrected chi connectivity index (χ3v) is 3.42. The third-order valence-electron chi connectivity index (χ3n) is 3.42. The summed E-state index contributed by atoms with van der Waals surface area (Å²) in [6.45, 7) is 6.24. The molecule has 1 saturated heterocycles. The van der Waals surface area contributed by atoms with Gasteiger partial charge in [-0.05, 0) is 33.6 Å². The van der Waals surface area contributed by atoms with Gasteiger partial charge in [0.2, 0.25) is 5.91 Å². The van der Waals surface area contributed by atoms with Gasteiger partial charge in [0.05, 0.1) is 17.6 Å². The number of halogens is 3. The average Bonchev–Trinajstić information content (AvgIpc) is 2.35. The first kappa shape index (κ1) is 17.2. The van der Waals surface area contributed by atoms with E-state index in [1.807, 2.05) is 20.8 Å². The summed E-state index contributed by atoms with van der Waals surface area (Å²) in [6, 6.07) is -0.550. The molecular weight excluding hydrogens is 273 g/mol. The predicted molar refractivity (Wildman–Crippen MR) is 69.3 cm³/mol. The number of carbonyl (C=O) groups excluding carboxylic acids is 1. The van der Waals surface area contributed by atoms with Crippen molar-refractivity contribution in [2.45, 2.75) is 51.4 Å². The maximum absolute atomic E-state index is 12.5. The van der Waals surface area contributed by atoms with Gasteiger partial charge >= 0.3 is 6.18 Å². The van der Waals surface area contributed by atoms with E-state index in [1.165, 1.54) is 0 Å². The van der Waals surface area contributed by atoms with Crippen LogP contribution in [0, 0.1) is 5.92 Å². The smallest absolute Gasteiger partial charge is 0.374 e. The molecule has 1 aliphatic rings. The third kappa shape index (κ3) is 5.28. The van der Waals surface area contributed by atoms with E-state index in [0.29, 0.717) is 13.2 Å². The van der Waals surface area contributed by atoms with Crippen LogP contribution >= 0.6 is 0 Å². The number of amides is 1. The van der Waals surface area contributed by atoms with Crippen molar-refractivity contribution in [1.29, 1.82) is 0 Å². The van der Waals surface area contributed by atoms with Crippen LogP contribution < -0.4 is 10.6 Å². The maximum Gasteiger partial charge on any atom is 0.393 e. The molecule has 0 aliphatic carbocycles. The van der Waals surface area contributed by atoms with Gasteiger partial charge in [-0.25, -0.2) is 0 Å². The minimum absolute atomic E-state index is 0.0105. The molecule has 0 bridgehead atoms. The largest absolute Gasteiger partial charge is 0.393 e. The molecule has 118 valence electrons. The molecule has 1 rings (SSSR count). The first-order valence-corrected chi connectivity index (χ1v) is 6.87. The van der Waals surface area contributed by atoms with Crippen molar-refractivity contribution in [3.05, 3.63) is 0 Å². The van der Waals surface area contributed by atoms with Gasteiger partial charge in [-0.1, -0.05) is 0 Å². The fraction of sp³-hybridized carbons (Fsp3) is 0.923. The SMILES string of the molecule is CCOC(C)(C)CNC(=O)C1CCC(C(F)(F)F)CN1. The Balaban J connectivity index is 2.36. The Hall–Kier alpha value is -0.820. The molecular formula is C13H23F3N2O2. The van der Waals surface area contributed by atoms with Crippen LogP contribution in [0.2, 0.25) is 0 Å². The van der Waals surface area contributed by atoms with Gasteiger partial charge in [0.15, 0.2) is 0 Å². The van der Waals surface area contributed by atoms with Crippen molar-refractivity contribution in [3.8, 4) is 0 Å². The monoisotopic (exact) mass is 296 g/mol. The minimum atomic E-state index is -4.19. The first-order chi connectivity index (χ1) is 9.15. The normalized spacial score (nSPS) is 24.5. The molecule has 0 aromatic carbocycles. The molecule has 1 heterocycles. The molecule has 1 aliphatic heterocycles. The second kappa shape index (κ2) is 6.76. The van der Waals surface area contributed by atoms with Crippen LogP contribution in [0.3, 0.4) is 0 Å². The molecule has 1 fully saturated rings. The van der Waals surface area contributed by atoms with Crippen LogP contribution in [0.15, 0.2) is 0 Å². The van der Waals surface area contributed by atoms with Gasteiger partial charge in [0.1, 0.15) is 0 Å². The number of ether oxygens (including phenoxy) is 1. The highest BCUT2D eigenvalue weighted by Gasteiger charge is 2.42. The van der Waals surface area contributed by atoms with Crippen LogP contribution in [0.1, 0.15) is 33.6 Å². The van der Waals surface area contributed by atoms with Crippen LogP contribution in [-0.4, -0.2) is 43.4 Å². The summed E-state index contributed by atoms with van der Waals surface area (Å²) >= 11 is 0. The molecule has 2 N–H and O–H groups in total. The Labute approximate surface area is 117 Å². The number of piperidine rings is 1. The zero-order valence-corrected chi connectivity index (χ0v) is 12.1. The Morgan fingerprint density at radius 3 is 2.45 bits per heavy atom. The number of alkyl halides is 3. The van der Waals surface area contributed by atoms with Crippen LogP contribution in [-0.2, 0) is 9.53 Å². The van der Waals surface area contributed by atoms with Gasteiger partial charge in [0, 0.05) is 19.7 Å². The molecule has 2 unspecified atom stereocenters. The lowest BCUT2D eigenvalue weighted by atomic mass is 9.94. The van der Waals surface area contributed by atoms with Gasteiger partial charge in [-0.2, -0.15) is 13.2 Å². The molecule has 1 amide bonds. The summed E-state index contributed by atoms with van der Waals surface area (Å²) < 4.78 is 42.9. The van der Waals surface area contributed by atoms with E-state index in [4.69, 9.17) is 4.74 Å². The van der Waals surface area contributed by atoms with Gasteiger partial charge in [0.25, 0.3) is 0 Å². The Morgan fingerprint density at radius 2 is 2.00 bits per heavy atom. The van der Waals surface area contributed by atoms with Crippen molar-refractivity contribution in [1.82, 2.24) is 10.6 Å². The highest BCUT2D eigenvalue weighted by atomic mass is 19.4. The molecule has 2 atom stereocenters. The summed E-state index contributed by atoms with van der Waals surface area (Å²) in [5.74, 6) is -1.62. The quantitative estimate of drug-likeness (QED) is 0.814. The molecule has 0 aromatic rings. The zero-order valence-electron chi connectivity index (χ0n) is 12.1. The lowest BCUT2D eigenvalue weighted by molar-refractivity contribution is -0.180. The highest BCUT2D eigenvalue weighted by Crippen LogP contribution is 2.31. The van der Waals surface area contributed by atoms with Crippen LogP contribution in [0.5, 0.6) is 0 Å². The molecule has 0 spiro atoms. The Morgan fingerprint density at radius 1 is 1.35 bits per heavy atom. The van der Waals surface area contributed by atoms with Crippen LogP contribution in [0.25, 0.3) is 0 Å².